The number of sulfonamides is 1. The van der Waals surface area contributed by atoms with Crippen LogP contribution in [0.25, 0.3) is 0 Å². The van der Waals surface area contributed by atoms with Crippen molar-refractivity contribution < 1.29 is 13.2 Å². The lowest BCUT2D eigenvalue weighted by Gasteiger charge is -2.27. The van der Waals surface area contributed by atoms with Gasteiger partial charge in [0.15, 0.2) is 0 Å². The third-order valence-corrected chi connectivity index (χ3v) is 4.58. The molecular formula is C14H21N3O3S. The molecule has 1 heterocycles. The Morgan fingerprint density at radius 2 is 2.00 bits per heavy atom. The summed E-state index contributed by atoms with van der Waals surface area (Å²) in [6.45, 7) is 4.63. The van der Waals surface area contributed by atoms with E-state index < -0.39 is 10.0 Å². The molecule has 1 aromatic carbocycles. The van der Waals surface area contributed by atoms with Gasteiger partial charge in [0, 0.05) is 24.8 Å². The number of carbonyl (C=O) groups is 1. The van der Waals surface area contributed by atoms with Crippen molar-refractivity contribution >= 4 is 21.7 Å². The van der Waals surface area contributed by atoms with Crippen LogP contribution in [0.5, 0.6) is 0 Å². The van der Waals surface area contributed by atoms with Crippen LogP contribution in [0.15, 0.2) is 18.2 Å². The maximum Gasteiger partial charge on any atom is 0.319 e. The Balaban J connectivity index is 2.14. The first-order valence-corrected chi connectivity index (χ1v) is 8.75. The van der Waals surface area contributed by atoms with Gasteiger partial charge in [0.25, 0.3) is 0 Å². The molecule has 0 spiro atoms. The number of hydrogen-bond donors (Lipinski definition) is 2. The van der Waals surface area contributed by atoms with Crippen molar-refractivity contribution in [3.63, 3.8) is 0 Å². The van der Waals surface area contributed by atoms with E-state index in [0.29, 0.717) is 25.2 Å². The highest BCUT2D eigenvalue weighted by atomic mass is 32.2. The molecule has 116 valence electrons. The van der Waals surface area contributed by atoms with Gasteiger partial charge < -0.3 is 10.6 Å². The number of urea groups is 1. The van der Waals surface area contributed by atoms with Crippen LogP contribution in [-0.2, 0) is 23.0 Å². The Kier molecular flexibility index (Phi) is 4.53. The molecule has 7 heteroatoms. The topological polar surface area (TPSA) is 78.5 Å². The fourth-order valence-corrected chi connectivity index (χ4v) is 3.12. The first-order chi connectivity index (χ1) is 9.75. The summed E-state index contributed by atoms with van der Waals surface area (Å²) in [6, 6.07) is 5.42. The van der Waals surface area contributed by atoms with E-state index in [9.17, 15) is 13.2 Å². The number of fused-ring (bicyclic) bond motifs is 1. The number of nitrogens with zero attached hydrogens (tertiary/aromatic N) is 1. The molecule has 0 aromatic heterocycles. The van der Waals surface area contributed by atoms with Crippen molar-refractivity contribution in [1.82, 2.24) is 9.62 Å². The van der Waals surface area contributed by atoms with E-state index in [4.69, 9.17) is 0 Å². The molecule has 0 saturated carbocycles. The van der Waals surface area contributed by atoms with Gasteiger partial charge in [-0.25, -0.2) is 13.2 Å². The number of rotatable bonds is 3. The van der Waals surface area contributed by atoms with E-state index in [1.807, 2.05) is 32.0 Å². The van der Waals surface area contributed by atoms with E-state index >= 15 is 0 Å². The summed E-state index contributed by atoms with van der Waals surface area (Å²) in [5.74, 6) is 0. The van der Waals surface area contributed by atoms with Gasteiger partial charge in [0.1, 0.15) is 0 Å². The summed E-state index contributed by atoms with van der Waals surface area (Å²) in [4.78, 5) is 11.7. The molecule has 0 unspecified atom stereocenters. The summed E-state index contributed by atoms with van der Waals surface area (Å²) in [6.07, 6.45) is 1.91. The smallest absolute Gasteiger partial charge is 0.319 e. The minimum atomic E-state index is -3.19. The fourth-order valence-electron chi connectivity index (χ4n) is 2.32. The van der Waals surface area contributed by atoms with Crippen molar-refractivity contribution in [2.24, 2.45) is 0 Å². The lowest BCUT2D eigenvalue weighted by molar-refractivity contribution is 0.250. The first-order valence-electron chi connectivity index (χ1n) is 6.90. The molecule has 0 radical (unpaired) electrons. The summed E-state index contributed by atoms with van der Waals surface area (Å²) in [7, 11) is -3.19. The van der Waals surface area contributed by atoms with E-state index in [1.165, 1.54) is 10.6 Å². The Labute approximate surface area is 125 Å². The normalized spacial score (nSPS) is 15.6. The molecule has 0 fully saturated rings. The second-order valence-electron chi connectivity index (χ2n) is 5.58. The average molecular weight is 311 g/mol. The molecule has 1 aliphatic heterocycles. The average Bonchev–Trinajstić information content (AvgIpc) is 2.35. The minimum absolute atomic E-state index is 0.0587. The van der Waals surface area contributed by atoms with Crippen LogP contribution in [0, 0.1) is 0 Å². The van der Waals surface area contributed by atoms with Gasteiger partial charge in [-0.3, -0.25) is 0 Å². The number of nitrogens with one attached hydrogen (secondary N) is 2. The molecule has 0 saturated heterocycles. The zero-order valence-corrected chi connectivity index (χ0v) is 13.3. The zero-order valence-electron chi connectivity index (χ0n) is 12.5. The third-order valence-electron chi connectivity index (χ3n) is 3.33. The Morgan fingerprint density at radius 1 is 1.29 bits per heavy atom. The Bertz CT molecular complexity index is 641. The Hall–Kier alpha value is -1.60. The highest BCUT2D eigenvalue weighted by Gasteiger charge is 2.23. The van der Waals surface area contributed by atoms with Crippen molar-refractivity contribution in [2.45, 2.75) is 32.9 Å². The largest absolute Gasteiger partial charge is 0.336 e. The Morgan fingerprint density at radius 3 is 2.62 bits per heavy atom. The van der Waals surface area contributed by atoms with Crippen molar-refractivity contribution in [3.8, 4) is 0 Å². The quantitative estimate of drug-likeness (QED) is 0.888. The zero-order chi connectivity index (χ0) is 15.6. The molecular weight excluding hydrogens is 290 g/mol. The maximum atomic E-state index is 11.7. The van der Waals surface area contributed by atoms with Crippen LogP contribution in [0.1, 0.15) is 25.0 Å². The van der Waals surface area contributed by atoms with Gasteiger partial charge in [0.05, 0.1) is 6.26 Å². The maximum absolute atomic E-state index is 11.7. The van der Waals surface area contributed by atoms with Gasteiger partial charge in [-0.1, -0.05) is 6.07 Å². The fraction of sp³-hybridized carbons (Fsp3) is 0.500. The summed E-state index contributed by atoms with van der Waals surface area (Å²) in [5.41, 5.74) is 2.74. The lowest BCUT2D eigenvalue weighted by atomic mass is 10.0. The molecule has 2 rings (SSSR count). The highest BCUT2D eigenvalue weighted by Crippen LogP contribution is 2.24. The minimum Gasteiger partial charge on any atom is -0.336 e. The molecule has 1 aliphatic rings. The van der Waals surface area contributed by atoms with E-state index in [2.05, 4.69) is 10.6 Å². The van der Waals surface area contributed by atoms with Crippen molar-refractivity contribution in [3.05, 3.63) is 29.3 Å². The van der Waals surface area contributed by atoms with E-state index in [-0.39, 0.29) is 12.1 Å². The number of hydrogen-bond acceptors (Lipinski definition) is 3. The van der Waals surface area contributed by atoms with Crippen LogP contribution < -0.4 is 10.6 Å². The highest BCUT2D eigenvalue weighted by molar-refractivity contribution is 7.88. The number of anilines is 1. The van der Waals surface area contributed by atoms with Crippen LogP contribution >= 0.6 is 0 Å². The standard InChI is InChI=1S/C14H21N3O3S/c1-10(2)15-14(18)16-13-5-4-11-6-7-17(21(3,19)20)9-12(11)8-13/h4-5,8,10H,6-7,9H2,1-3H3,(H2,15,16,18). The summed E-state index contributed by atoms with van der Waals surface area (Å²) in [5, 5.41) is 5.51. The molecule has 2 N–H and O–H groups in total. The molecule has 21 heavy (non-hydrogen) atoms. The van der Waals surface area contributed by atoms with Crippen LogP contribution in [0.3, 0.4) is 0 Å². The van der Waals surface area contributed by atoms with Crippen molar-refractivity contribution in [2.75, 3.05) is 18.1 Å². The van der Waals surface area contributed by atoms with Crippen molar-refractivity contribution in [1.29, 1.82) is 0 Å². The second-order valence-corrected chi connectivity index (χ2v) is 7.57. The molecule has 0 atom stereocenters. The van der Waals surface area contributed by atoms with Gasteiger partial charge in [-0.15, -0.1) is 0 Å². The van der Waals surface area contributed by atoms with Crippen LogP contribution in [0.2, 0.25) is 0 Å². The van der Waals surface area contributed by atoms with Gasteiger partial charge in [-0.2, -0.15) is 4.31 Å². The summed E-state index contributed by atoms with van der Waals surface area (Å²) < 4.78 is 24.7. The molecule has 1 aromatic rings. The predicted molar refractivity (Wildman–Crippen MR) is 82.7 cm³/mol. The SMILES string of the molecule is CC(C)NC(=O)Nc1ccc2c(c1)CN(S(C)(=O)=O)CC2. The second kappa shape index (κ2) is 6.03. The monoisotopic (exact) mass is 311 g/mol. The van der Waals surface area contributed by atoms with Crippen LogP contribution in [0.4, 0.5) is 10.5 Å². The van der Waals surface area contributed by atoms with Crippen LogP contribution in [-0.4, -0.2) is 37.6 Å². The van der Waals surface area contributed by atoms with Gasteiger partial charge in [0.2, 0.25) is 10.0 Å². The number of amides is 2. The van der Waals surface area contributed by atoms with Gasteiger partial charge in [-0.05, 0) is 43.5 Å². The third kappa shape index (κ3) is 4.18. The van der Waals surface area contributed by atoms with Gasteiger partial charge >= 0.3 is 6.03 Å². The number of benzene rings is 1. The first kappa shape index (κ1) is 15.8. The predicted octanol–water partition coefficient (Wildman–Crippen LogP) is 1.53. The molecule has 0 aliphatic carbocycles. The molecule has 6 nitrogen and oxygen atoms in total. The molecule has 0 bridgehead atoms. The number of carbonyl (C=O) groups excluding carboxylic acids is 1. The lowest BCUT2D eigenvalue weighted by Crippen LogP contribution is -2.35. The van der Waals surface area contributed by atoms with E-state index in [1.54, 1.807) is 0 Å². The van der Waals surface area contributed by atoms with E-state index in [0.717, 1.165) is 11.1 Å². The summed E-state index contributed by atoms with van der Waals surface area (Å²) >= 11 is 0. The molecule has 2 amide bonds.